The molecule has 2 rings (SSSR count). The molecular formula is C15H15F3N2O4. The maximum Gasteiger partial charge on any atom is 0.406 e. The third-order valence-electron chi connectivity index (χ3n) is 3.57. The van der Waals surface area contributed by atoms with Crippen LogP contribution in [0.15, 0.2) is 24.3 Å². The molecule has 2 N–H and O–H groups in total. The lowest BCUT2D eigenvalue weighted by Gasteiger charge is -2.18. The van der Waals surface area contributed by atoms with Crippen molar-refractivity contribution in [3.8, 4) is 0 Å². The van der Waals surface area contributed by atoms with Gasteiger partial charge in [0.05, 0.1) is 12.3 Å². The molecular weight excluding hydrogens is 329 g/mol. The number of anilines is 1. The van der Waals surface area contributed by atoms with E-state index in [1.54, 1.807) is 12.1 Å². The van der Waals surface area contributed by atoms with Gasteiger partial charge >= 0.3 is 12.1 Å². The van der Waals surface area contributed by atoms with Gasteiger partial charge in [0.25, 0.3) is 0 Å². The van der Waals surface area contributed by atoms with Crippen LogP contribution in [0.2, 0.25) is 0 Å². The van der Waals surface area contributed by atoms with Crippen molar-refractivity contribution in [3.05, 3.63) is 29.8 Å². The molecule has 1 fully saturated rings. The molecule has 0 aromatic heterocycles. The van der Waals surface area contributed by atoms with Crippen LogP contribution in [-0.4, -0.2) is 47.1 Å². The van der Waals surface area contributed by atoms with Gasteiger partial charge in [-0.3, -0.25) is 14.4 Å². The number of rotatable bonds is 5. The number of likely N-dealkylation sites (tertiary alicyclic amines) is 1. The Morgan fingerprint density at radius 3 is 2.58 bits per heavy atom. The summed E-state index contributed by atoms with van der Waals surface area (Å²) in [6, 6.07) is 6.23. The summed E-state index contributed by atoms with van der Waals surface area (Å²) in [6.07, 6.45) is -5.13. The summed E-state index contributed by atoms with van der Waals surface area (Å²) in [4.78, 5) is 35.2. The fraction of sp³-hybridized carbons (Fsp3) is 0.400. The molecule has 6 nitrogen and oxygen atoms in total. The topological polar surface area (TPSA) is 86.7 Å². The van der Waals surface area contributed by atoms with Crippen LogP contribution < -0.4 is 5.32 Å². The first-order valence-corrected chi connectivity index (χ1v) is 7.11. The standard InChI is InChI=1S/C15H15F3N2O4/c16-15(17,18)8-20-7-10(5-12(20)21)14(24)19-11-4-2-1-3-9(11)6-13(22)23/h1-4,10H,5-8H2,(H,19,24)(H,22,23). The Morgan fingerprint density at radius 1 is 1.29 bits per heavy atom. The minimum absolute atomic E-state index is 0.270. The Kier molecular flexibility index (Phi) is 5.10. The predicted molar refractivity (Wildman–Crippen MR) is 77.2 cm³/mol. The van der Waals surface area contributed by atoms with Gasteiger partial charge in [-0.25, -0.2) is 0 Å². The average Bonchev–Trinajstić information content (AvgIpc) is 2.80. The van der Waals surface area contributed by atoms with Crippen LogP contribution in [0.25, 0.3) is 0 Å². The van der Waals surface area contributed by atoms with Crippen molar-refractivity contribution in [1.82, 2.24) is 4.90 Å². The van der Waals surface area contributed by atoms with E-state index in [0.717, 1.165) is 0 Å². The summed E-state index contributed by atoms with van der Waals surface area (Å²) >= 11 is 0. The van der Waals surface area contributed by atoms with Crippen molar-refractivity contribution in [3.63, 3.8) is 0 Å². The number of benzene rings is 1. The quantitative estimate of drug-likeness (QED) is 0.851. The molecule has 2 amide bonds. The van der Waals surface area contributed by atoms with Crippen molar-refractivity contribution in [2.75, 3.05) is 18.4 Å². The van der Waals surface area contributed by atoms with Crippen molar-refractivity contribution < 1.29 is 32.7 Å². The second kappa shape index (κ2) is 6.90. The highest BCUT2D eigenvalue weighted by molar-refractivity contribution is 5.98. The van der Waals surface area contributed by atoms with E-state index in [9.17, 15) is 27.6 Å². The van der Waals surface area contributed by atoms with Crippen molar-refractivity contribution in [2.24, 2.45) is 5.92 Å². The first-order valence-electron chi connectivity index (χ1n) is 7.11. The van der Waals surface area contributed by atoms with Gasteiger partial charge in [0.2, 0.25) is 11.8 Å². The molecule has 1 aromatic rings. The molecule has 0 aliphatic carbocycles. The summed E-state index contributed by atoms with van der Waals surface area (Å²) in [5.74, 6) is -3.32. The number of nitrogens with one attached hydrogen (secondary N) is 1. The smallest absolute Gasteiger partial charge is 0.406 e. The number of carbonyl (C=O) groups is 3. The van der Waals surface area contributed by atoms with Gasteiger partial charge in [0, 0.05) is 18.7 Å². The normalized spacial score (nSPS) is 17.9. The molecule has 0 bridgehead atoms. The van der Waals surface area contributed by atoms with E-state index in [2.05, 4.69) is 5.32 Å². The van der Waals surface area contributed by atoms with Crippen molar-refractivity contribution >= 4 is 23.5 Å². The van der Waals surface area contributed by atoms with E-state index in [1.165, 1.54) is 12.1 Å². The van der Waals surface area contributed by atoms with Crippen LogP contribution in [0.4, 0.5) is 18.9 Å². The van der Waals surface area contributed by atoms with Gasteiger partial charge in [0.1, 0.15) is 6.54 Å². The summed E-state index contributed by atoms with van der Waals surface area (Å²) in [5, 5.41) is 11.3. The fourth-order valence-corrected chi connectivity index (χ4v) is 2.51. The first-order chi connectivity index (χ1) is 11.2. The van der Waals surface area contributed by atoms with Crippen LogP contribution in [0.5, 0.6) is 0 Å². The zero-order valence-corrected chi connectivity index (χ0v) is 12.5. The molecule has 1 unspecified atom stereocenters. The highest BCUT2D eigenvalue weighted by Crippen LogP contribution is 2.25. The summed E-state index contributed by atoms with van der Waals surface area (Å²) in [5.41, 5.74) is 0.640. The predicted octanol–water partition coefficient (Wildman–Crippen LogP) is 1.66. The van der Waals surface area contributed by atoms with Gasteiger partial charge in [-0.05, 0) is 11.6 Å². The SMILES string of the molecule is O=C(O)Cc1ccccc1NC(=O)C1CC(=O)N(CC(F)(F)F)C1. The number of nitrogens with zero attached hydrogens (tertiary/aromatic N) is 1. The maximum atomic E-state index is 12.4. The summed E-state index contributed by atoms with van der Waals surface area (Å²) < 4.78 is 37.1. The van der Waals surface area contributed by atoms with Crippen molar-refractivity contribution in [2.45, 2.75) is 19.0 Å². The van der Waals surface area contributed by atoms with E-state index in [1.807, 2.05) is 0 Å². The number of alkyl halides is 3. The number of hydrogen-bond acceptors (Lipinski definition) is 3. The van der Waals surface area contributed by atoms with Gasteiger partial charge in [-0.1, -0.05) is 18.2 Å². The third-order valence-corrected chi connectivity index (χ3v) is 3.57. The average molecular weight is 344 g/mol. The maximum absolute atomic E-state index is 12.4. The molecule has 1 aromatic carbocycles. The lowest BCUT2D eigenvalue weighted by Crippen LogP contribution is -2.36. The zero-order chi connectivity index (χ0) is 17.9. The lowest BCUT2D eigenvalue weighted by molar-refractivity contribution is -0.157. The number of amides is 2. The number of aliphatic carboxylic acids is 1. The molecule has 0 radical (unpaired) electrons. The first kappa shape index (κ1) is 17.8. The minimum Gasteiger partial charge on any atom is -0.481 e. The molecule has 1 aliphatic heterocycles. The molecule has 9 heteroatoms. The van der Waals surface area contributed by atoms with Crippen LogP contribution in [0, 0.1) is 5.92 Å². The molecule has 0 spiro atoms. The van der Waals surface area contributed by atoms with Gasteiger partial charge in [-0.2, -0.15) is 13.2 Å². The van der Waals surface area contributed by atoms with Gasteiger partial charge in [0.15, 0.2) is 0 Å². The number of para-hydroxylation sites is 1. The van der Waals surface area contributed by atoms with E-state index in [4.69, 9.17) is 5.11 Å². The summed E-state index contributed by atoms with van der Waals surface area (Å²) in [6.45, 7) is -1.70. The molecule has 130 valence electrons. The molecule has 1 saturated heterocycles. The molecule has 1 heterocycles. The van der Waals surface area contributed by atoms with Crippen LogP contribution in [0.1, 0.15) is 12.0 Å². The van der Waals surface area contributed by atoms with Gasteiger partial charge < -0.3 is 15.3 Å². The van der Waals surface area contributed by atoms with E-state index >= 15 is 0 Å². The Morgan fingerprint density at radius 2 is 1.96 bits per heavy atom. The Balaban J connectivity index is 2.04. The van der Waals surface area contributed by atoms with Crippen molar-refractivity contribution in [1.29, 1.82) is 0 Å². The molecule has 1 atom stereocenters. The second-order valence-corrected chi connectivity index (χ2v) is 5.51. The molecule has 0 saturated carbocycles. The monoisotopic (exact) mass is 344 g/mol. The zero-order valence-electron chi connectivity index (χ0n) is 12.5. The van der Waals surface area contributed by atoms with Crippen LogP contribution >= 0.6 is 0 Å². The Labute approximate surface area is 135 Å². The number of halogens is 3. The number of carbonyl (C=O) groups excluding carboxylic acids is 2. The highest BCUT2D eigenvalue weighted by Gasteiger charge is 2.40. The highest BCUT2D eigenvalue weighted by atomic mass is 19.4. The Hall–Kier alpha value is -2.58. The lowest BCUT2D eigenvalue weighted by atomic mass is 10.1. The molecule has 1 aliphatic rings. The van der Waals surface area contributed by atoms with E-state index in [0.29, 0.717) is 10.5 Å². The minimum atomic E-state index is -4.52. The largest absolute Gasteiger partial charge is 0.481 e. The van der Waals surface area contributed by atoms with Gasteiger partial charge in [-0.15, -0.1) is 0 Å². The number of hydrogen-bond donors (Lipinski definition) is 2. The van der Waals surface area contributed by atoms with E-state index < -0.39 is 36.4 Å². The fourth-order valence-electron chi connectivity index (χ4n) is 2.51. The number of carboxylic acid groups (broad SMARTS) is 1. The van der Waals surface area contributed by atoms with Crippen LogP contribution in [0.3, 0.4) is 0 Å². The second-order valence-electron chi connectivity index (χ2n) is 5.51. The third kappa shape index (κ3) is 4.71. The van der Waals surface area contributed by atoms with Crippen LogP contribution in [-0.2, 0) is 20.8 Å². The summed E-state index contributed by atoms with van der Waals surface area (Å²) in [7, 11) is 0. The molecule has 24 heavy (non-hydrogen) atoms. The number of carboxylic acids is 1. The van der Waals surface area contributed by atoms with E-state index in [-0.39, 0.29) is 25.1 Å². The Bertz CT molecular complexity index is 660.